The van der Waals surface area contributed by atoms with Crippen molar-refractivity contribution in [2.45, 2.75) is 25.8 Å². The molecule has 1 N–H and O–H groups in total. The zero-order chi connectivity index (χ0) is 17.6. The molecule has 1 aliphatic heterocycles. The third-order valence-electron chi connectivity index (χ3n) is 4.77. The van der Waals surface area contributed by atoms with Crippen molar-refractivity contribution in [3.63, 3.8) is 0 Å². The highest BCUT2D eigenvalue weighted by Gasteiger charge is 2.25. The summed E-state index contributed by atoms with van der Waals surface area (Å²) in [6, 6.07) is 9.96. The fourth-order valence-electron chi connectivity index (χ4n) is 3.26. The van der Waals surface area contributed by atoms with Crippen LogP contribution >= 0.6 is 0 Å². The van der Waals surface area contributed by atoms with E-state index in [-0.39, 0.29) is 17.9 Å². The van der Waals surface area contributed by atoms with E-state index in [0.717, 1.165) is 37.2 Å². The standard InChI is InChI=1S/C20H24N4O/c1-3-11-23-13-8-17(9-14-23)20(25)22-16(2)18-6-4-7-19(15-18)24-12-5-10-21-24/h1,4-7,10,12,15-17H,8-9,11,13-14H2,2H3,(H,22,25). The number of terminal acetylenes is 1. The molecule has 2 aromatic rings. The lowest BCUT2D eigenvalue weighted by Crippen LogP contribution is -2.41. The van der Waals surface area contributed by atoms with Crippen molar-refractivity contribution in [3.05, 3.63) is 48.3 Å². The number of piperidine rings is 1. The fraction of sp³-hybridized carbons (Fsp3) is 0.400. The van der Waals surface area contributed by atoms with E-state index in [0.29, 0.717) is 6.54 Å². The molecule has 0 saturated carbocycles. The Morgan fingerprint density at radius 3 is 2.88 bits per heavy atom. The molecule has 3 rings (SSSR count). The second kappa shape index (κ2) is 8.00. The van der Waals surface area contributed by atoms with Gasteiger partial charge in [-0.3, -0.25) is 9.69 Å². The second-order valence-corrected chi connectivity index (χ2v) is 6.53. The molecule has 0 radical (unpaired) electrons. The Hall–Kier alpha value is -2.58. The quantitative estimate of drug-likeness (QED) is 0.853. The number of nitrogens with zero attached hydrogens (tertiary/aromatic N) is 3. The third kappa shape index (κ3) is 4.28. The van der Waals surface area contributed by atoms with Crippen molar-refractivity contribution >= 4 is 5.91 Å². The molecule has 1 unspecified atom stereocenters. The number of aromatic nitrogens is 2. The van der Waals surface area contributed by atoms with E-state index in [2.05, 4.69) is 27.3 Å². The van der Waals surface area contributed by atoms with Crippen LogP contribution in [-0.2, 0) is 4.79 Å². The first kappa shape index (κ1) is 17.2. The van der Waals surface area contributed by atoms with Gasteiger partial charge in [0, 0.05) is 18.3 Å². The maximum Gasteiger partial charge on any atom is 0.223 e. The van der Waals surface area contributed by atoms with E-state index in [1.165, 1.54) is 0 Å². The van der Waals surface area contributed by atoms with Gasteiger partial charge < -0.3 is 5.32 Å². The van der Waals surface area contributed by atoms with Crippen molar-refractivity contribution in [3.8, 4) is 18.0 Å². The molecule has 0 bridgehead atoms. The number of benzene rings is 1. The number of hydrogen-bond donors (Lipinski definition) is 1. The lowest BCUT2D eigenvalue weighted by atomic mass is 9.95. The maximum absolute atomic E-state index is 12.6. The van der Waals surface area contributed by atoms with E-state index in [4.69, 9.17) is 6.42 Å². The Labute approximate surface area is 149 Å². The van der Waals surface area contributed by atoms with Gasteiger partial charge in [-0.15, -0.1) is 6.42 Å². The van der Waals surface area contributed by atoms with Gasteiger partial charge in [-0.25, -0.2) is 4.68 Å². The van der Waals surface area contributed by atoms with Crippen LogP contribution in [0.4, 0.5) is 0 Å². The van der Waals surface area contributed by atoms with Crippen LogP contribution in [0.15, 0.2) is 42.7 Å². The van der Waals surface area contributed by atoms with Crippen molar-refractivity contribution in [1.29, 1.82) is 0 Å². The average molecular weight is 336 g/mol. The molecule has 0 spiro atoms. The highest BCUT2D eigenvalue weighted by Crippen LogP contribution is 2.20. The van der Waals surface area contributed by atoms with Gasteiger partial charge in [-0.2, -0.15) is 5.10 Å². The summed E-state index contributed by atoms with van der Waals surface area (Å²) in [4.78, 5) is 14.8. The molecule has 0 aliphatic carbocycles. The molecule has 1 fully saturated rings. The van der Waals surface area contributed by atoms with E-state index < -0.39 is 0 Å². The van der Waals surface area contributed by atoms with Gasteiger partial charge in [0.2, 0.25) is 5.91 Å². The average Bonchev–Trinajstić information content (AvgIpc) is 3.17. The number of rotatable bonds is 5. The zero-order valence-electron chi connectivity index (χ0n) is 14.6. The molecule has 1 aliphatic rings. The van der Waals surface area contributed by atoms with Crippen LogP contribution in [0, 0.1) is 18.3 Å². The maximum atomic E-state index is 12.6. The van der Waals surface area contributed by atoms with Gasteiger partial charge in [-0.05, 0) is 56.6 Å². The van der Waals surface area contributed by atoms with Crippen LogP contribution < -0.4 is 5.32 Å². The third-order valence-corrected chi connectivity index (χ3v) is 4.77. The van der Waals surface area contributed by atoms with Crippen molar-refractivity contribution in [2.24, 2.45) is 5.92 Å². The lowest BCUT2D eigenvalue weighted by Gasteiger charge is -2.30. The van der Waals surface area contributed by atoms with E-state index in [1.807, 2.05) is 42.1 Å². The highest BCUT2D eigenvalue weighted by atomic mass is 16.1. The second-order valence-electron chi connectivity index (χ2n) is 6.53. The summed E-state index contributed by atoms with van der Waals surface area (Å²) >= 11 is 0. The minimum absolute atomic E-state index is 0.0354. The van der Waals surface area contributed by atoms with Crippen LogP contribution in [0.1, 0.15) is 31.4 Å². The molecule has 1 aromatic carbocycles. The molecule has 25 heavy (non-hydrogen) atoms. The Morgan fingerprint density at radius 2 is 2.20 bits per heavy atom. The minimum Gasteiger partial charge on any atom is -0.349 e. The van der Waals surface area contributed by atoms with Crippen LogP contribution in [-0.4, -0.2) is 40.2 Å². The Kier molecular flexibility index (Phi) is 5.52. The summed E-state index contributed by atoms with van der Waals surface area (Å²) in [6.45, 7) is 4.48. The molecule has 1 atom stereocenters. The molecule has 1 saturated heterocycles. The molecule has 1 aromatic heterocycles. The van der Waals surface area contributed by atoms with E-state index >= 15 is 0 Å². The predicted molar refractivity (Wildman–Crippen MR) is 98.1 cm³/mol. The predicted octanol–water partition coefficient (Wildman–Crippen LogP) is 2.39. The molecule has 5 nitrogen and oxygen atoms in total. The number of carbonyl (C=O) groups excluding carboxylic acids is 1. The summed E-state index contributed by atoms with van der Waals surface area (Å²) in [5.74, 6) is 2.88. The SMILES string of the molecule is C#CCN1CCC(C(=O)NC(C)c2cccc(-n3cccn3)c2)CC1. The topological polar surface area (TPSA) is 50.2 Å². The van der Waals surface area contributed by atoms with Gasteiger partial charge in [0.1, 0.15) is 0 Å². The van der Waals surface area contributed by atoms with Crippen LogP contribution in [0.25, 0.3) is 5.69 Å². The molecule has 130 valence electrons. The van der Waals surface area contributed by atoms with Crippen molar-refractivity contribution in [1.82, 2.24) is 20.0 Å². The summed E-state index contributed by atoms with van der Waals surface area (Å²) < 4.78 is 1.82. The van der Waals surface area contributed by atoms with Gasteiger partial charge in [0.05, 0.1) is 18.3 Å². The molecular formula is C20H24N4O. The van der Waals surface area contributed by atoms with Crippen LogP contribution in [0.5, 0.6) is 0 Å². The Morgan fingerprint density at radius 1 is 1.40 bits per heavy atom. The van der Waals surface area contributed by atoms with Crippen LogP contribution in [0.3, 0.4) is 0 Å². The molecule has 2 heterocycles. The van der Waals surface area contributed by atoms with Gasteiger partial charge in [-0.1, -0.05) is 18.1 Å². The summed E-state index contributed by atoms with van der Waals surface area (Å²) in [7, 11) is 0. The first-order valence-electron chi connectivity index (χ1n) is 8.73. The zero-order valence-corrected chi connectivity index (χ0v) is 14.6. The van der Waals surface area contributed by atoms with Gasteiger partial charge in [0.15, 0.2) is 0 Å². The molecule has 5 heteroatoms. The van der Waals surface area contributed by atoms with Crippen LogP contribution in [0.2, 0.25) is 0 Å². The smallest absolute Gasteiger partial charge is 0.223 e. The van der Waals surface area contributed by atoms with Crippen molar-refractivity contribution in [2.75, 3.05) is 19.6 Å². The minimum atomic E-state index is -0.0354. The monoisotopic (exact) mass is 336 g/mol. The molecular weight excluding hydrogens is 312 g/mol. The molecule has 1 amide bonds. The lowest BCUT2D eigenvalue weighted by molar-refractivity contribution is -0.127. The number of carbonyl (C=O) groups is 1. The fourth-order valence-corrected chi connectivity index (χ4v) is 3.26. The summed E-state index contributed by atoms with van der Waals surface area (Å²) in [5.41, 5.74) is 2.07. The number of likely N-dealkylation sites (tertiary alicyclic amines) is 1. The first-order chi connectivity index (χ1) is 12.2. The van der Waals surface area contributed by atoms with Gasteiger partial charge in [0.25, 0.3) is 0 Å². The highest BCUT2D eigenvalue weighted by molar-refractivity contribution is 5.79. The normalized spacial score (nSPS) is 17.0. The number of nitrogens with one attached hydrogen (secondary N) is 1. The Balaban J connectivity index is 1.59. The van der Waals surface area contributed by atoms with E-state index in [9.17, 15) is 4.79 Å². The largest absolute Gasteiger partial charge is 0.349 e. The summed E-state index contributed by atoms with van der Waals surface area (Å²) in [6.07, 6.45) is 10.8. The summed E-state index contributed by atoms with van der Waals surface area (Å²) in [5, 5.41) is 7.41. The van der Waals surface area contributed by atoms with Crippen molar-refractivity contribution < 1.29 is 4.79 Å². The van der Waals surface area contributed by atoms with Gasteiger partial charge >= 0.3 is 0 Å². The first-order valence-corrected chi connectivity index (χ1v) is 8.73. The number of amides is 1. The number of hydrogen-bond acceptors (Lipinski definition) is 3. The van der Waals surface area contributed by atoms with E-state index in [1.54, 1.807) is 6.20 Å². The Bertz CT molecular complexity index is 739.